The number of rotatable bonds is 6. The van der Waals surface area contributed by atoms with E-state index in [0.717, 1.165) is 49.7 Å². The van der Waals surface area contributed by atoms with Crippen molar-refractivity contribution < 1.29 is 20.4 Å². The Morgan fingerprint density at radius 2 is 2.04 bits per heavy atom. The third kappa shape index (κ3) is 3.93. The zero-order valence-electron chi connectivity index (χ0n) is 15.2. The van der Waals surface area contributed by atoms with Crippen molar-refractivity contribution in [2.45, 2.75) is 64.4 Å². The second kappa shape index (κ2) is 8.13. The fourth-order valence-corrected chi connectivity index (χ4v) is 5.00. The summed E-state index contributed by atoms with van der Waals surface area (Å²) in [7, 11) is 0. The molecule has 0 saturated heterocycles. The molecule has 24 heavy (non-hydrogen) atoms. The Balaban J connectivity index is 2.22. The van der Waals surface area contributed by atoms with Crippen molar-refractivity contribution in [3.05, 3.63) is 23.3 Å². The molecule has 4 nitrogen and oxygen atoms in total. The van der Waals surface area contributed by atoms with Gasteiger partial charge in [-0.25, -0.2) is 0 Å². The van der Waals surface area contributed by atoms with Gasteiger partial charge in [0.2, 0.25) is 0 Å². The summed E-state index contributed by atoms with van der Waals surface area (Å²) in [4.78, 5) is 0. The van der Waals surface area contributed by atoms with Gasteiger partial charge in [-0.15, -0.1) is 0 Å². The molecular weight excluding hydrogens is 304 g/mol. The summed E-state index contributed by atoms with van der Waals surface area (Å²) in [6, 6.07) is 0. The standard InChI is InChI=1S/C20H34O4/c1-15-6-10-20(24)12-17(14-23)4-3-5-18(20)19(15,2)9-7-16(13-22)8-11-21/h4,8,15,18,21-24H,3,5-7,9-14H2,1-2H3/b16-8-/t15-,18-,19+,20-/m1/s1. The van der Waals surface area contributed by atoms with E-state index in [4.69, 9.17) is 5.11 Å². The number of aliphatic hydroxyl groups is 4. The van der Waals surface area contributed by atoms with Gasteiger partial charge in [0.05, 0.1) is 25.4 Å². The first-order valence-corrected chi connectivity index (χ1v) is 9.30. The van der Waals surface area contributed by atoms with E-state index in [2.05, 4.69) is 19.9 Å². The van der Waals surface area contributed by atoms with Crippen molar-refractivity contribution in [1.82, 2.24) is 0 Å². The number of fused-ring (bicyclic) bond motifs is 1. The highest BCUT2D eigenvalue weighted by atomic mass is 16.3. The Labute approximate surface area is 145 Å². The van der Waals surface area contributed by atoms with E-state index >= 15 is 0 Å². The second-order valence-electron chi connectivity index (χ2n) is 8.08. The summed E-state index contributed by atoms with van der Waals surface area (Å²) >= 11 is 0. The quantitative estimate of drug-likeness (QED) is 0.561. The van der Waals surface area contributed by atoms with Gasteiger partial charge in [-0.1, -0.05) is 26.0 Å². The molecule has 0 heterocycles. The highest BCUT2D eigenvalue weighted by molar-refractivity contribution is 5.16. The molecule has 4 N–H and O–H groups in total. The van der Waals surface area contributed by atoms with Gasteiger partial charge in [0.25, 0.3) is 0 Å². The summed E-state index contributed by atoms with van der Waals surface area (Å²) in [5, 5.41) is 39.5. The fourth-order valence-electron chi connectivity index (χ4n) is 5.00. The van der Waals surface area contributed by atoms with Crippen molar-refractivity contribution in [1.29, 1.82) is 0 Å². The first-order valence-electron chi connectivity index (χ1n) is 9.30. The molecule has 0 amide bonds. The van der Waals surface area contributed by atoms with Crippen LogP contribution in [0.25, 0.3) is 0 Å². The average molecular weight is 338 g/mol. The summed E-state index contributed by atoms with van der Waals surface area (Å²) in [6.45, 7) is 4.54. The molecular formula is C20H34O4. The van der Waals surface area contributed by atoms with E-state index in [1.54, 1.807) is 6.08 Å². The lowest BCUT2D eigenvalue weighted by Crippen LogP contribution is -2.53. The summed E-state index contributed by atoms with van der Waals surface area (Å²) in [5.41, 5.74) is 1.11. The molecule has 0 aromatic rings. The maximum Gasteiger partial charge on any atom is 0.0719 e. The molecule has 2 aliphatic rings. The minimum absolute atomic E-state index is 0.00450. The van der Waals surface area contributed by atoms with E-state index in [1.807, 2.05) is 0 Å². The Kier molecular flexibility index (Phi) is 6.66. The maximum atomic E-state index is 11.4. The van der Waals surface area contributed by atoms with E-state index in [0.29, 0.717) is 12.3 Å². The van der Waals surface area contributed by atoms with Crippen LogP contribution >= 0.6 is 0 Å². The van der Waals surface area contributed by atoms with Gasteiger partial charge in [0.1, 0.15) is 0 Å². The lowest BCUT2D eigenvalue weighted by molar-refractivity contribution is -0.134. The van der Waals surface area contributed by atoms with Gasteiger partial charge in [-0.05, 0) is 73.3 Å². The van der Waals surface area contributed by atoms with Crippen LogP contribution in [0.4, 0.5) is 0 Å². The van der Waals surface area contributed by atoms with E-state index in [1.165, 1.54) is 0 Å². The van der Waals surface area contributed by atoms with Crippen LogP contribution in [0.3, 0.4) is 0 Å². The molecule has 0 spiro atoms. The monoisotopic (exact) mass is 338 g/mol. The Morgan fingerprint density at radius 3 is 2.67 bits per heavy atom. The molecule has 0 aromatic carbocycles. The number of aliphatic hydroxyl groups excluding tert-OH is 3. The molecule has 1 saturated carbocycles. The summed E-state index contributed by atoms with van der Waals surface area (Å²) in [6.07, 6.45) is 9.67. The number of allylic oxidation sites excluding steroid dienone is 1. The Hall–Kier alpha value is -0.680. The SMILES string of the molecule is C[C@@H]1CC[C@@]2(O)CC(CO)=CCC[C@@H]2[C@@]1(C)CC/C(=C/CO)CO. The lowest BCUT2D eigenvalue weighted by atomic mass is 9.52. The number of hydrogen-bond acceptors (Lipinski definition) is 4. The normalized spacial score (nSPS) is 37.6. The molecule has 2 rings (SSSR count). The molecule has 4 heteroatoms. The van der Waals surface area contributed by atoms with E-state index in [-0.39, 0.29) is 31.2 Å². The Bertz CT molecular complexity index is 484. The van der Waals surface area contributed by atoms with Gasteiger partial charge >= 0.3 is 0 Å². The smallest absolute Gasteiger partial charge is 0.0719 e. The Morgan fingerprint density at radius 1 is 1.29 bits per heavy atom. The highest BCUT2D eigenvalue weighted by Gasteiger charge is 2.53. The van der Waals surface area contributed by atoms with E-state index < -0.39 is 5.60 Å². The summed E-state index contributed by atoms with van der Waals surface area (Å²) in [5.74, 6) is 0.704. The predicted molar refractivity (Wildman–Crippen MR) is 95.5 cm³/mol. The molecule has 0 radical (unpaired) electrons. The topological polar surface area (TPSA) is 80.9 Å². The first-order chi connectivity index (χ1) is 11.4. The maximum absolute atomic E-state index is 11.4. The van der Waals surface area contributed by atoms with Crippen molar-refractivity contribution in [3.63, 3.8) is 0 Å². The molecule has 0 aliphatic heterocycles. The van der Waals surface area contributed by atoms with Crippen LogP contribution in [0.2, 0.25) is 0 Å². The van der Waals surface area contributed by atoms with Crippen molar-refractivity contribution >= 4 is 0 Å². The fraction of sp³-hybridized carbons (Fsp3) is 0.800. The predicted octanol–water partition coefficient (Wildman–Crippen LogP) is 2.56. The van der Waals surface area contributed by atoms with Crippen LogP contribution < -0.4 is 0 Å². The molecule has 0 unspecified atom stereocenters. The van der Waals surface area contributed by atoms with Crippen LogP contribution in [0, 0.1) is 17.3 Å². The molecule has 2 aliphatic carbocycles. The zero-order valence-corrected chi connectivity index (χ0v) is 15.2. The van der Waals surface area contributed by atoms with Gasteiger partial charge in [0.15, 0.2) is 0 Å². The highest BCUT2D eigenvalue weighted by Crippen LogP contribution is 2.56. The van der Waals surface area contributed by atoms with Gasteiger partial charge in [0, 0.05) is 0 Å². The van der Waals surface area contributed by atoms with Crippen molar-refractivity contribution in [2.24, 2.45) is 17.3 Å². The van der Waals surface area contributed by atoms with Crippen molar-refractivity contribution in [3.8, 4) is 0 Å². The third-order valence-electron chi connectivity index (χ3n) is 6.77. The van der Waals surface area contributed by atoms with Gasteiger partial charge < -0.3 is 20.4 Å². The van der Waals surface area contributed by atoms with Crippen molar-refractivity contribution in [2.75, 3.05) is 19.8 Å². The van der Waals surface area contributed by atoms with E-state index in [9.17, 15) is 15.3 Å². The van der Waals surface area contributed by atoms with Gasteiger partial charge in [-0.2, -0.15) is 0 Å². The van der Waals surface area contributed by atoms with Crippen LogP contribution in [0.15, 0.2) is 23.3 Å². The molecule has 1 fully saturated rings. The lowest BCUT2D eigenvalue weighted by Gasteiger charge is -2.54. The zero-order chi connectivity index (χ0) is 17.8. The summed E-state index contributed by atoms with van der Waals surface area (Å²) < 4.78 is 0. The second-order valence-corrected chi connectivity index (χ2v) is 8.08. The van der Waals surface area contributed by atoms with Gasteiger partial charge in [-0.3, -0.25) is 0 Å². The molecule has 0 aromatic heterocycles. The van der Waals surface area contributed by atoms with Crippen LogP contribution in [-0.4, -0.2) is 45.8 Å². The third-order valence-corrected chi connectivity index (χ3v) is 6.77. The molecule has 138 valence electrons. The minimum atomic E-state index is -0.730. The largest absolute Gasteiger partial charge is 0.392 e. The average Bonchev–Trinajstić information content (AvgIpc) is 2.75. The molecule has 0 bridgehead atoms. The molecule has 4 atom stereocenters. The number of hydrogen-bond donors (Lipinski definition) is 4. The van der Waals surface area contributed by atoms with Crippen LogP contribution in [0.1, 0.15) is 58.8 Å². The minimum Gasteiger partial charge on any atom is -0.392 e. The van der Waals surface area contributed by atoms with Crippen LogP contribution in [0.5, 0.6) is 0 Å². The van der Waals surface area contributed by atoms with Crippen LogP contribution in [-0.2, 0) is 0 Å². The first kappa shape index (κ1) is 19.6.